The van der Waals surface area contributed by atoms with Crippen molar-refractivity contribution in [2.45, 2.75) is 6.54 Å². The number of H-pyrrole nitrogens is 1. The molecule has 6 nitrogen and oxygen atoms in total. The lowest BCUT2D eigenvalue weighted by molar-refractivity contribution is 0.582. The Morgan fingerprint density at radius 2 is 2.25 bits per heavy atom. The van der Waals surface area contributed by atoms with E-state index in [1.165, 1.54) is 18.2 Å². The zero-order valence-corrected chi connectivity index (χ0v) is 8.88. The van der Waals surface area contributed by atoms with E-state index in [0.29, 0.717) is 16.6 Å². The lowest BCUT2D eigenvalue weighted by Gasteiger charge is -1.98. The number of hydrogen-bond acceptors (Lipinski definition) is 3. The van der Waals surface area contributed by atoms with Crippen LogP contribution < -0.4 is 9.86 Å². The van der Waals surface area contributed by atoms with Gasteiger partial charge in [0.2, 0.25) is 0 Å². The first-order valence-electron chi connectivity index (χ1n) is 4.35. The molecule has 16 heavy (non-hydrogen) atoms. The van der Waals surface area contributed by atoms with Crippen molar-refractivity contribution in [2.24, 2.45) is 5.14 Å². The van der Waals surface area contributed by atoms with E-state index in [-0.39, 0.29) is 12.4 Å². The molecule has 0 aliphatic heterocycles. The maximum Gasteiger partial charge on any atom is 0.274 e. The molecule has 0 fully saturated rings. The number of halogens is 1. The summed E-state index contributed by atoms with van der Waals surface area (Å²) in [6.45, 7) is -0.0372. The van der Waals surface area contributed by atoms with Gasteiger partial charge in [-0.15, -0.1) is 0 Å². The number of aromatic amines is 1. The summed E-state index contributed by atoms with van der Waals surface area (Å²) >= 11 is 0. The number of fused-ring (bicyclic) bond motifs is 1. The molecule has 1 heterocycles. The summed E-state index contributed by atoms with van der Waals surface area (Å²) in [5, 5.41) is 11.9. The van der Waals surface area contributed by atoms with Gasteiger partial charge in [0.05, 0.1) is 17.8 Å². The van der Waals surface area contributed by atoms with Crippen LogP contribution in [0.3, 0.4) is 0 Å². The first-order chi connectivity index (χ1) is 7.46. The van der Waals surface area contributed by atoms with Crippen LogP contribution in [0.1, 0.15) is 5.69 Å². The van der Waals surface area contributed by atoms with Crippen LogP contribution in [0.15, 0.2) is 18.2 Å². The normalized spacial score (nSPS) is 12.1. The number of benzene rings is 1. The maximum absolute atomic E-state index is 12.8. The second-order valence-electron chi connectivity index (χ2n) is 3.23. The van der Waals surface area contributed by atoms with Crippen LogP contribution >= 0.6 is 0 Å². The van der Waals surface area contributed by atoms with Crippen LogP contribution in [0.25, 0.3) is 10.9 Å². The fourth-order valence-corrected chi connectivity index (χ4v) is 1.69. The summed E-state index contributed by atoms with van der Waals surface area (Å²) in [6, 6.07) is 4.08. The van der Waals surface area contributed by atoms with Gasteiger partial charge in [0, 0.05) is 5.39 Å². The molecule has 0 atom stereocenters. The fourth-order valence-electron chi connectivity index (χ4n) is 1.35. The molecule has 2 rings (SSSR count). The molecule has 4 N–H and O–H groups in total. The predicted octanol–water partition coefficient (Wildman–Crippen LogP) is -0.00490. The Balaban J connectivity index is 2.32. The SMILES string of the molecule is NS(=O)(=O)NCc1n[nH]c2cc(F)ccc12. The van der Waals surface area contributed by atoms with Crippen molar-refractivity contribution < 1.29 is 12.8 Å². The van der Waals surface area contributed by atoms with Crippen LogP contribution in [0.5, 0.6) is 0 Å². The molecular formula is C8H9FN4O2S. The Labute approximate surface area is 90.8 Å². The van der Waals surface area contributed by atoms with Crippen molar-refractivity contribution in [3.05, 3.63) is 29.7 Å². The minimum absolute atomic E-state index is 0.0372. The molecule has 1 aromatic carbocycles. The van der Waals surface area contributed by atoms with Crippen LogP contribution in [-0.4, -0.2) is 18.6 Å². The van der Waals surface area contributed by atoms with Crippen molar-refractivity contribution in [1.29, 1.82) is 0 Å². The average Bonchev–Trinajstić information content (AvgIpc) is 2.56. The molecule has 0 saturated carbocycles. The first kappa shape index (κ1) is 11.0. The van der Waals surface area contributed by atoms with E-state index in [0.717, 1.165) is 0 Å². The quantitative estimate of drug-likeness (QED) is 0.708. The Bertz CT molecular complexity index is 622. The molecule has 0 unspecified atom stereocenters. The van der Waals surface area contributed by atoms with Gasteiger partial charge in [0.25, 0.3) is 10.2 Å². The van der Waals surface area contributed by atoms with Crippen LogP contribution in [0.4, 0.5) is 4.39 Å². The molecule has 86 valence electrons. The first-order valence-corrected chi connectivity index (χ1v) is 5.90. The molecule has 0 aliphatic carbocycles. The van der Waals surface area contributed by atoms with E-state index >= 15 is 0 Å². The lowest BCUT2D eigenvalue weighted by Crippen LogP contribution is -2.30. The molecule has 8 heteroatoms. The number of rotatable bonds is 3. The van der Waals surface area contributed by atoms with Crippen LogP contribution in [0, 0.1) is 5.82 Å². The van der Waals surface area contributed by atoms with E-state index in [9.17, 15) is 12.8 Å². The topological polar surface area (TPSA) is 101 Å². The molecule has 0 saturated heterocycles. The fraction of sp³-hybridized carbons (Fsp3) is 0.125. The Morgan fingerprint density at radius 3 is 2.94 bits per heavy atom. The van der Waals surface area contributed by atoms with Crippen LogP contribution in [-0.2, 0) is 16.8 Å². The lowest BCUT2D eigenvalue weighted by atomic mass is 10.2. The number of nitrogens with zero attached hydrogens (tertiary/aromatic N) is 1. The summed E-state index contributed by atoms with van der Waals surface area (Å²) < 4.78 is 36.3. The molecule has 0 bridgehead atoms. The van der Waals surface area contributed by atoms with Gasteiger partial charge in [-0.3, -0.25) is 5.10 Å². The van der Waals surface area contributed by atoms with Gasteiger partial charge in [-0.2, -0.15) is 18.2 Å². The van der Waals surface area contributed by atoms with Gasteiger partial charge in [-0.25, -0.2) is 9.53 Å². The highest BCUT2D eigenvalue weighted by molar-refractivity contribution is 7.87. The zero-order valence-electron chi connectivity index (χ0n) is 8.07. The monoisotopic (exact) mass is 244 g/mol. The van der Waals surface area contributed by atoms with Gasteiger partial charge in [0.15, 0.2) is 0 Å². The summed E-state index contributed by atoms with van der Waals surface area (Å²) in [6.07, 6.45) is 0. The molecule has 1 aromatic heterocycles. The second-order valence-corrected chi connectivity index (χ2v) is 4.61. The number of nitrogens with one attached hydrogen (secondary N) is 2. The summed E-state index contributed by atoms with van der Waals surface area (Å²) in [4.78, 5) is 0. The van der Waals surface area contributed by atoms with Crippen LogP contribution in [0.2, 0.25) is 0 Å². The molecular weight excluding hydrogens is 235 g/mol. The Hall–Kier alpha value is -1.51. The summed E-state index contributed by atoms with van der Waals surface area (Å²) in [5.74, 6) is -0.387. The number of aromatic nitrogens is 2. The molecule has 0 aliphatic rings. The van der Waals surface area contributed by atoms with Crippen molar-refractivity contribution in [1.82, 2.24) is 14.9 Å². The third-order valence-electron chi connectivity index (χ3n) is 2.04. The maximum atomic E-state index is 12.8. The third-order valence-corrected chi connectivity index (χ3v) is 2.59. The number of nitrogens with two attached hydrogens (primary N) is 1. The highest BCUT2D eigenvalue weighted by atomic mass is 32.2. The van der Waals surface area contributed by atoms with Gasteiger partial charge >= 0.3 is 0 Å². The average molecular weight is 244 g/mol. The summed E-state index contributed by atoms with van der Waals surface area (Å²) in [7, 11) is -3.75. The van der Waals surface area contributed by atoms with Gasteiger partial charge < -0.3 is 0 Å². The molecule has 0 radical (unpaired) electrons. The largest absolute Gasteiger partial charge is 0.277 e. The van der Waals surface area contributed by atoms with Gasteiger partial charge in [0.1, 0.15) is 5.82 Å². The minimum atomic E-state index is -3.75. The summed E-state index contributed by atoms with van der Waals surface area (Å²) in [5.41, 5.74) is 0.968. The van der Waals surface area contributed by atoms with E-state index in [1.54, 1.807) is 0 Å². The Morgan fingerprint density at radius 1 is 1.50 bits per heavy atom. The van der Waals surface area contributed by atoms with Gasteiger partial charge in [-0.1, -0.05) is 0 Å². The van der Waals surface area contributed by atoms with E-state index in [4.69, 9.17) is 5.14 Å². The minimum Gasteiger partial charge on any atom is -0.277 e. The highest BCUT2D eigenvalue weighted by Gasteiger charge is 2.08. The molecule has 0 spiro atoms. The van der Waals surface area contributed by atoms with Crippen molar-refractivity contribution in [3.63, 3.8) is 0 Å². The van der Waals surface area contributed by atoms with Crippen molar-refractivity contribution in [2.75, 3.05) is 0 Å². The van der Waals surface area contributed by atoms with Crippen molar-refractivity contribution in [3.8, 4) is 0 Å². The molecule has 0 amide bonds. The molecule has 2 aromatic rings. The van der Waals surface area contributed by atoms with E-state index < -0.39 is 10.2 Å². The highest BCUT2D eigenvalue weighted by Crippen LogP contribution is 2.16. The zero-order chi connectivity index (χ0) is 11.8. The predicted molar refractivity (Wildman–Crippen MR) is 56.0 cm³/mol. The second kappa shape index (κ2) is 3.81. The third kappa shape index (κ3) is 2.35. The smallest absolute Gasteiger partial charge is 0.274 e. The van der Waals surface area contributed by atoms with E-state index in [1.807, 2.05) is 0 Å². The van der Waals surface area contributed by atoms with Gasteiger partial charge in [-0.05, 0) is 18.2 Å². The van der Waals surface area contributed by atoms with E-state index in [2.05, 4.69) is 14.9 Å². The van der Waals surface area contributed by atoms with Crippen molar-refractivity contribution >= 4 is 21.1 Å². The standard InChI is InChI=1S/C8H9FN4O2S/c9-5-1-2-6-7(3-5)12-13-8(6)4-11-16(10,14)15/h1-3,11H,4H2,(H,12,13)(H2,10,14,15). The Kier molecular flexibility index (Phi) is 2.62. The number of hydrogen-bond donors (Lipinski definition) is 3.